The van der Waals surface area contributed by atoms with Gasteiger partial charge < -0.3 is 25.5 Å². The molecule has 0 fully saturated rings. The van der Waals surface area contributed by atoms with Gasteiger partial charge in [-0.05, 0) is 41.5 Å². The number of aliphatic hydroxyl groups is 1. The second-order valence-electron chi connectivity index (χ2n) is 9.46. The fourth-order valence-electron chi connectivity index (χ4n) is 2.11. The molecule has 0 aromatic rings. The van der Waals surface area contributed by atoms with Gasteiger partial charge in [0.1, 0.15) is 11.7 Å². The number of aliphatic hydroxyl groups excluding tert-OH is 1. The topological polar surface area (TPSA) is 156 Å². The Labute approximate surface area is 190 Å². The van der Waals surface area contributed by atoms with Gasteiger partial charge in [0.05, 0.1) is 18.4 Å². The lowest BCUT2D eigenvalue weighted by atomic mass is 9.87. The summed E-state index contributed by atoms with van der Waals surface area (Å²) in [7, 11) is -4.29. The Kier molecular flexibility index (Phi) is 12.6. The van der Waals surface area contributed by atoms with Crippen LogP contribution >= 0.6 is 7.82 Å². The zero-order chi connectivity index (χ0) is 25.2. The number of amides is 2. The summed E-state index contributed by atoms with van der Waals surface area (Å²) in [6.45, 7) is 13.6. The standard InChI is InChI=1S/C20H40N3O8P/c1-14(2)30-32(27,28)29-13-20(7,8)17(25)18(26)22-12-10-16(24)21-11-9-15(3)23-31-19(4,5)6/h14,17,25H,9-13H2,1-8H3,(H,21,24)(H,22,26)(H,27,28)/b23-15+/t17-/m1/s1. The summed E-state index contributed by atoms with van der Waals surface area (Å²) in [4.78, 5) is 39.0. The smallest absolute Gasteiger partial charge is 0.390 e. The molecular weight excluding hydrogens is 441 g/mol. The van der Waals surface area contributed by atoms with Gasteiger partial charge in [0.15, 0.2) is 0 Å². The summed E-state index contributed by atoms with van der Waals surface area (Å²) in [5.74, 6) is -0.981. The van der Waals surface area contributed by atoms with Crippen molar-refractivity contribution in [3.8, 4) is 0 Å². The molecule has 0 saturated heterocycles. The number of rotatable bonds is 14. The molecule has 0 aliphatic carbocycles. The van der Waals surface area contributed by atoms with Gasteiger partial charge in [-0.25, -0.2) is 4.57 Å². The first kappa shape index (κ1) is 30.5. The summed E-state index contributed by atoms with van der Waals surface area (Å²) in [6, 6.07) is 0. The van der Waals surface area contributed by atoms with Gasteiger partial charge in [-0.2, -0.15) is 0 Å². The first-order valence-corrected chi connectivity index (χ1v) is 12.0. The Balaban J connectivity index is 4.32. The normalized spacial score (nSPS) is 15.8. The van der Waals surface area contributed by atoms with Crippen molar-refractivity contribution >= 4 is 25.3 Å². The van der Waals surface area contributed by atoms with Crippen LogP contribution in [0.2, 0.25) is 0 Å². The van der Waals surface area contributed by atoms with Crippen LogP contribution in [0.5, 0.6) is 0 Å². The molecule has 2 atom stereocenters. The van der Waals surface area contributed by atoms with Crippen molar-refractivity contribution in [1.82, 2.24) is 10.6 Å². The lowest BCUT2D eigenvalue weighted by molar-refractivity contribution is -0.137. The molecule has 0 saturated carbocycles. The van der Waals surface area contributed by atoms with E-state index in [2.05, 4.69) is 15.8 Å². The van der Waals surface area contributed by atoms with Crippen molar-refractivity contribution in [2.24, 2.45) is 10.6 Å². The minimum absolute atomic E-state index is 0.0217. The summed E-state index contributed by atoms with van der Waals surface area (Å²) >= 11 is 0. The van der Waals surface area contributed by atoms with Crippen LogP contribution in [0.4, 0.5) is 0 Å². The van der Waals surface area contributed by atoms with Crippen LogP contribution in [0.3, 0.4) is 0 Å². The molecule has 0 aromatic heterocycles. The monoisotopic (exact) mass is 481 g/mol. The maximum Gasteiger partial charge on any atom is 0.472 e. The van der Waals surface area contributed by atoms with Gasteiger partial charge >= 0.3 is 7.82 Å². The number of nitrogens with zero attached hydrogens (tertiary/aromatic N) is 1. The lowest BCUT2D eigenvalue weighted by Crippen LogP contribution is -2.46. The van der Waals surface area contributed by atoms with Crippen LogP contribution in [0.25, 0.3) is 0 Å². The average Bonchev–Trinajstić information content (AvgIpc) is 2.62. The van der Waals surface area contributed by atoms with E-state index in [-0.39, 0.29) is 31.1 Å². The highest BCUT2D eigenvalue weighted by molar-refractivity contribution is 7.47. The Hall–Kier alpha value is -1.52. The number of nitrogens with one attached hydrogen (secondary N) is 2. The van der Waals surface area contributed by atoms with Crippen LogP contribution in [-0.4, -0.2) is 65.0 Å². The van der Waals surface area contributed by atoms with E-state index in [1.54, 1.807) is 20.8 Å². The van der Waals surface area contributed by atoms with Crippen molar-refractivity contribution in [3.05, 3.63) is 0 Å². The third-order valence-electron chi connectivity index (χ3n) is 3.87. The quantitative estimate of drug-likeness (QED) is 0.167. The van der Waals surface area contributed by atoms with Crippen LogP contribution in [0, 0.1) is 5.41 Å². The van der Waals surface area contributed by atoms with Crippen LogP contribution in [-0.2, 0) is 28.0 Å². The Morgan fingerprint density at radius 1 is 1.06 bits per heavy atom. The van der Waals surface area contributed by atoms with Gasteiger partial charge in [0, 0.05) is 31.3 Å². The van der Waals surface area contributed by atoms with E-state index in [0.29, 0.717) is 13.0 Å². The molecule has 1 unspecified atom stereocenters. The molecule has 0 heterocycles. The predicted molar refractivity (Wildman–Crippen MR) is 121 cm³/mol. The number of phosphoric ester groups is 1. The van der Waals surface area contributed by atoms with Gasteiger partial charge in [-0.3, -0.25) is 18.6 Å². The first-order valence-electron chi connectivity index (χ1n) is 10.5. The van der Waals surface area contributed by atoms with Crippen molar-refractivity contribution in [3.63, 3.8) is 0 Å². The molecule has 0 bridgehead atoms. The first-order chi connectivity index (χ1) is 14.4. The molecule has 2 amide bonds. The third kappa shape index (κ3) is 14.5. The molecule has 4 N–H and O–H groups in total. The van der Waals surface area contributed by atoms with Gasteiger partial charge in [0.2, 0.25) is 11.8 Å². The lowest BCUT2D eigenvalue weighted by Gasteiger charge is -2.30. The fraction of sp³-hybridized carbons (Fsp3) is 0.850. The van der Waals surface area contributed by atoms with E-state index in [0.717, 1.165) is 5.71 Å². The van der Waals surface area contributed by atoms with E-state index in [1.807, 2.05) is 20.8 Å². The molecule has 0 aliphatic heterocycles. The van der Waals surface area contributed by atoms with Crippen molar-refractivity contribution in [2.75, 3.05) is 19.7 Å². The van der Waals surface area contributed by atoms with E-state index < -0.39 is 31.4 Å². The number of carbonyl (C=O) groups excluding carboxylic acids is 2. The van der Waals surface area contributed by atoms with Crippen molar-refractivity contribution < 1.29 is 38.0 Å². The average molecular weight is 482 g/mol. The molecule has 0 spiro atoms. The van der Waals surface area contributed by atoms with E-state index in [9.17, 15) is 24.2 Å². The molecule has 188 valence electrons. The number of phosphoric acid groups is 1. The zero-order valence-corrected chi connectivity index (χ0v) is 21.3. The van der Waals surface area contributed by atoms with Gasteiger partial charge in [-0.15, -0.1) is 0 Å². The summed E-state index contributed by atoms with van der Waals surface area (Å²) in [6.07, 6.45) is -1.50. The van der Waals surface area contributed by atoms with E-state index in [1.165, 1.54) is 13.8 Å². The molecule has 0 aromatic carbocycles. The van der Waals surface area contributed by atoms with Crippen molar-refractivity contribution in [1.29, 1.82) is 0 Å². The van der Waals surface area contributed by atoms with Gasteiger partial charge in [0.25, 0.3) is 0 Å². The molecule has 32 heavy (non-hydrogen) atoms. The molecule has 12 heteroatoms. The Bertz CT molecular complexity index is 689. The minimum atomic E-state index is -4.29. The molecular formula is C20H40N3O8P. The third-order valence-corrected chi connectivity index (χ3v) is 5.01. The van der Waals surface area contributed by atoms with Crippen LogP contribution in [0.15, 0.2) is 5.16 Å². The van der Waals surface area contributed by atoms with E-state index in [4.69, 9.17) is 13.9 Å². The summed E-state index contributed by atoms with van der Waals surface area (Å²) < 4.78 is 21.5. The Morgan fingerprint density at radius 3 is 2.16 bits per heavy atom. The second-order valence-corrected chi connectivity index (χ2v) is 10.9. The van der Waals surface area contributed by atoms with E-state index >= 15 is 0 Å². The molecule has 0 rings (SSSR count). The summed E-state index contributed by atoms with van der Waals surface area (Å²) in [5.41, 5.74) is -0.808. The zero-order valence-electron chi connectivity index (χ0n) is 20.4. The van der Waals surface area contributed by atoms with Gasteiger partial charge in [-0.1, -0.05) is 19.0 Å². The SMILES string of the molecule is C/C(CCNC(=O)CCNC(=O)[C@@H](O)C(C)(C)COP(=O)(O)OC(C)C)=N\OC(C)(C)C. The second kappa shape index (κ2) is 13.3. The molecule has 0 radical (unpaired) electrons. The van der Waals surface area contributed by atoms with Crippen LogP contribution in [0.1, 0.15) is 68.2 Å². The maximum absolute atomic E-state index is 12.2. The number of carbonyl (C=O) groups is 2. The van der Waals surface area contributed by atoms with Crippen LogP contribution < -0.4 is 10.6 Å². The predicted octanol–water partition coefficient (Wildman–Crippen LogP) is 2.12. The summed E-state index contributed by atoms with van der Waals surface area (Å²) in [5, 5.41) is 19.5. The number of hydrogen-bond donors (Lipinski definition) is 4. The highest BCUT2D eigenvalue weighted by Gasteiger charge is 2.37. The highest BCUT2D eigenvalue weighted by atomic mass is 31.2. The molecule has 0 aliphatic rings. The number of oxime groups is 1. The minimum Gasteiger partial charge on any atom is -0.390 e. The molecule has 11 nitrogen and oxygen atoms in total. The van der Waals surface area contributed by atoms with Crippen molar-refractivity contribution in [2.45, 2.75) is 86.0 Å². The Morgan fingerprint density at radius 2 is 1.62 bits per heavy atom. The largest absolute Gasteiger partial charge is 0.472 e. The number of hydrogen-bond acceptors (Lipinski definition) is 8. The highest BCUT2D eigenvalue weighted by Crippen LogP contribution is 2.46. The fourth-order valence-corrected chi connectivity index (χ4v) is 3.20. The maximum atomic E-state index is 12.2.